The standard InChI is InChI=1S/C14H23FN2O2S/c1-10(2)9-17(11(3)4)20(18,19)14-6-5-12(8-16)7-13(14)15/h5-7,10-11H,8-9,16H2,1-4H3. The van der Waals surface area contributed by atoms with Crippen molar-refractivity contribution in [1.82, 2.24) is 4.31 Å². The summed E-state index contributed by atoms with van der Waals surface area (Å²) in [5.41, 5.74) is 6.00. The normalized spacial score (nSPS) is 12.7. The van der Waals surface area contributed by atoms with Gasteiger partial charge in [0.15, 0.2) is 0 Å². The van der Waals surface area contributed by atoms with Crippen molar-refractivity contribution in [2.24, 2.45) is 11.7 Å². The third kappa shape index (κ3) is 3.77. The van der Waals surface area contributed by atoms with Crippen LogP contribution in [0.25, 0.3) is 0 Å². The SMILES string of the molecule is CC(C)CN(C(C)C)S(=O)(=O)c1ccc(CN)cc1F. The van der Waals surface area contributed by atoms with E-state index in [1.807, 2.05) is 13.8 Å². The smallest absolute Gasteiger partial charge is 0.246 e. The molecular formula is C14H23FN2O2S. The average Bonchev–Trinajstić information content (AvgIpc) is 2.34. The van der Waals surface area contributed by atoms with Gasteiger partial charge in [-0.2, -0.15) is 4.31 Å². The lowest BCUT2D eigenvalue weighted by Gasteiger charge is -2.27. The molecule has 20 heavy (non-hydrogen) atoms. The van der Waals surface area contributed by atoms with Gasteiger partial charge in [0.05, 0.1) is 0 Å². The third-order valence-corrected chi connectivity index (χ3v) is 5.01. The molecule has 0 aromatic heterocycles. The van der Waals surface area contributed by atoms with Crippen LogP contribution in [0.3, 0.4) is 0 Å². The lowest BCUT2D eigenvalue weighted by Crippen LogP contribution is -2.39. The van der Waals surface area contributed by atoms with E-state index in [2.05, 4.69) is 0 Å². The first-order valence-electron chi connectivity index (χ1n) is 6.70. The van der Waals surface area contributed by atoms with Crippen molar-refractivity contribution in [3.63, 3.8) is 0 Å². The second-order valence-electron chi connectivity index (χ2n) is 5.53. The van der Waals surface area contributed by atoms with Crippen LogP contribution >= 0.6 is 0 Å². The van der Waals surface area contributed by atoms with Gasteiger partial charge in [0.25, 0.3) is 0 Å². The first-order chi connectivity index (χ1) is 9.20. The second kappa shape index (κ2) is 6.65. The molecule has 6 heteroatoms. The summed E-state index contributed by atoms with van der Waals surface area (Å²) in [5, 5.41) is 0. The average molecular weight is 302 g/mol. The maximum absolute atomic E-state index is 14.0. The Morgan fingerprint density at radius 2 is 1.85 bits per heavy atom. The number of benzene rings is 1. The molecule has 1 rings (SSSR count). The summed E-state index contributed by atoms with van der Waals surface area (Å²) in [4.78, 5) is -0.288. The molecule has 0 aliphatic heterocycles. The largest absolute Gasteiger partial charge is 0.326 e. The molecule has 4 nitrogen and oxygen atoms in total. The summed E-state index contributed by atoms with van der Waals surface area (Å²) in [5.74, 6) is -0.582. The molecule has 2 N–H and O–H groups in total. The molecule has 0 saturated carbocycles. The highest BCUT2D eigenvalue weighted by Gasteiger charge is 2.30. The van der Waals surface area contributed by atoms with Gasteiger partial charge >= 0.3 is 0 Å². The molecule has 1 aromatic rings. The van der Waals surface area contributed by atoms with E-state index in [-0.39, 0.29) is 23.4 Å². The lowest BCUT2D eigenvalue weighted by atomic mass is 10.2. The second-order valence-corrected chi connectivity index (χ2v) is 7.39. The number of hydrogen-bond acceptors (Lipinski definition) is 3. The van der Waals surface area contributed by atoms with Crippen LogP contribution in [0.4, 0.5) is 4.39 Å². The highest BCUT2D eigenvalue weighted by atomic mass is 32.2. The van der Waals surface area contributed by atoms with E-state index >= 15 is 0 Å². The van der Waals surface area contributed by atoms with Crippen LogP contribution in [0.1, 0.15) is 33.3 Å². The number of halogens is 1. The Bertz CT molecular complexity index is 556. The third-order valence-electron chi connectivity index (χ3n) is 2.94. The van der Waals surface area contributed by atoms with Gasteiger partial charge in [-0.1, -0.05) is 19.9 Å². The van der Waals surface area contributed by atoms with E-state index in [4.69, 9.17) is 5.73 Å². The van der Waals surface area contributed by atoms with Gasteiger partial charge in [-0.15, -0.1) is 0 Å². The van der Waals surface area contributed by atoms with Crippen LogP contribution in [-0.2, 0) is 16.6 Å². The summed E-state index contributed by atoms with van der Waals surface area (Å²) in [6.07, 6.45) is 0. The number of sulfonamides is 1. The molecule has 0 heterocycles. The summed E-state index contributed by atoms with van der Waals surface area (Å²) >= 11 is 0. The maximum Gasteiger partial charge on any atom is 0.246 e. The van der Waals surface area contributed by atoms with Gasteiger partial charge in [-0.3, -0.25) is 0 Å². The molecule has 0 fully saturated rings. The van der Waals surface area contributed by atoms with Crippen LogP contribution in [0.15, 0.2) is 23.1 Å². The van der Waals surface area contributed by atoms with E-state index in [9.17, 15) is 12.8 Å². The minimum atomic E-state index is -3.83. The lowest BCUT2D eigenvalue weighted by molar-refractivity contribution is 0.317. The summed E-state index contributed by atoms with van der Waals surface area (Å²) < 4.78 is 40.5. The van der Waals surface area contributed by atoms with Crippen LogP contribution in [0.2, 0.25) is 0 Å². The predicted octanol–water partition coefficient (Wildman–Crippen LogP) is 2.34. The first-order valence-corrected chi connectivity index (χ1v) is 8.14. The van der Waals surface area contributed by atoms with Gasteiger partial charge in [-0.25, -0.2) is 12.8 Å². The van der Waals surface area contributed by atoms with Crippen LogP contribution in [0, 0.1) is 11.7 Å². The Balaban J connectivity index is 3.26. The quantitative estimate of drug-likeness (QED) is 0.877. The van der Waals surface area contributed by atoms with Crippen molar-refractivity contribution in [3.8, 4) is 0 Å². The summed E-state index contributed by atoms with van der Waals surface area (Å²) in [7, 11) is -3.83. The molecule has 0 radical (unpaired) electrons. The molecule has 1 aromatic carbocycles. The molecule has 0 amide bonds. The van der Waals surface area contributed by atoms with Gasteiger partial charge in [0, 0.05) is 19.1 Å². The monoisotopic (exact) mass is 302 g/mol. The Hall–Kier alpha value is -0.980. The highest BCUT2D eigenvalue weighted by molar-refractivity contribution is 7.89. The van der Waals surface area contributed by atoms with Crippen molar-refractivity contribution in [1.29, 1.82) is 0 Å². The zero-order chi connectivity index (χ0) is 15.5. The first kappa shape index (κ1) is 17.1. The predicted molar refractivity (Wildman–Crippen MR) is 78.2 cm³/mol. The topological polar surface area (TPSA) is 63.4 Å². The molecule has 0 bridgehead atoms. The summed E-state index contributed by atoms with van der Waals surface area (Å²) in [6, 6.07) is 3.80. The van der Waals surface area contributed by atoms with E-state index in [1.165, 1.54) is 16.4 Å². The zero-order valence-corrected chi connectivity index (χ0v) is 13.2. The van der Waals surface area contributed by atoms with Crippen LogP contribution in [-0.4, -0.2) is 25.3 Å². The van der Waals surface area contributed by atoms with E-state index in [1.54, 1.807) is 19.9 Å². The van der Waals surface area contributed by atoms with Gasteiger partial charge < -0.3 is 5.73 Å². The minimum Gasteiger partial charge on any atom is -0.326 e. The van der Waals surface area contributed by atoms with Crippen molar-refractivity contribution in [2.75, 3.05) is 6.54 Å². The zero-order valence-electron chi connectivity index (χ0n) is 12.4. The minimum absolute atomic E-state index is 0.165. The van der Waals surface area contributed by atoms with Crippen molar-refractivity contribution < 1.29 is 12.8 Å². The van der Waals surface area contributed by atoms with Crippen molar-refractivity contribution >= 4 is 10.0 Å². The number of nitrogens with two attached hydrogens (primary N) is 1. The molecule has 0 atom stereocenters. The highest BCUT2D eigenvalue weighted by Crippen LogP contribution is 2.23. The molecule has 114 valence electrons. The maximum atomic E-state index is 14.0. The molecule has 0 spiro atoms. The number of hydrogen-bond donors (Lipinski definition) is 1. The fraction of sp³-hybridized carbons (Fsp3) is 0.571. The van der Waals surface area contributed by atoms with Gasteiger partial charge in [-0.05, 0) is 37.5 Å². The molecule has 0 saturated heterocycles. The Labute approximate surface area is 120 Å². The van der Waals surface area contributed by atoms with Crippen LogP contribution in [0.5, 0.6) is 0 Å². The van der Waals surface area contributed by atoms with E-state index in [0.717, 1.165) is 0 Å². The molecule has 0 aliphatic carbocycles. The van der Waals surface area contributed by atoms with Crippen molar-refractivity contribution in [3.05, 3.63) is 29.6 Å². The summed E-state index contributed by atoms with van der Waals surface area (Å²) in [6.45, 7) is 7.96. The fourth-order valence-corrected chi connectivity index (χ4v) is 3.80. The Kier molecular flexibility index (Phi) is 5.68. The molecule has 0 aliphatic rings. The van der Waals surface area contributed by atoms with E-state index in [0.29, 0.717) is 12.1 Å². The van der Waals surface area contributed by atoms with E-state index < -0.39 is 15.8 Å². The van der Waals surface area contributed by atoms with Crippen molar-refractivity contribution in [2.45, 2.75) is 45.2 Å². The fourth-order valence-electron chi connectivity index (χ4n) is 1.95. The van der Waals surface area contributed by atoms with Gasteiger partial charge in [0.1, 0.15) is 10.7 Å². The van der Waals surface area contributed by atoms with Gasteiger partial charge in [0.2, 0.25) is 10.0 Å². The Morgan fingerprint density at radius 3 is 2.25 bits per heavy atom. The number of rotatable bonds is 6. The Morgan fingerprint density at radius 1 is 1.25 bits per heavy atom. The molecular weight excluding hydrogens is 279 g/mol. The van der Waals surface area contributed by atoms with Crippen LogP contribution < -0.4 is 5.73 Å². The number of nitrogens with zero attached hydrogens (tertiary/aromatic N) is 1. The molecule has 0 unspecified atom stereocenters.